The van der Waals surface area contributed by atoms with Crippen molar-refractivity contribution in [3.8, 4) is 0 Å². The molecule has 0 saturated carbocycles. The molecule has 0 atom stereocenters. The minimum atomic E-state index is -0.170. The van der Waals surface area contributed by atoms with Crippen molar-refractivity contribution in [1.29, 1.82) is 0 Å². The van der Waals surface area contributed by atoms with Gasteiger partial charge in [-0.05, 0) is 37.1 Å². The van der Waals surface area contributed by atoms with Crippen molar-refractivity contribution < 1.29 is 4.39 Å². The van der Waals surface area contributed by atoms with E-state index in [2.05, 4.69) is 18.5 Å². The van der Waals surface area contributed by atoms with Crippen molar-refractivity contribution in [2.45, 2.75) is 65.2 Å². The number of hydrogen-bond donors (Lipinski definition) is 1. The van der Waals surface area contributed by atoms with E-state index in [4.69, 9.17) is 0 Å². The second-order valence-corrected chi connectivity index (χ2v) is 6.23. The first-order chi connectivity index (χ1) is 10.7. The first-order valence-corrected chi connectivity index (χ1v) is 8.73. The molecule has 1 aromatic carbocycles. The number of fused-ring (bicyclic) bond motifs is 1. The lowest BCUT2D eigenvalue weighted by Crippen LogP contribution is -2.14. The van der Waals surface area contributed by atoms with Crippen LogP contribution in [0.3, 0.4) is 0 Å². The van der Waals surface area contributed by atoms with Gasteiger partial charge < -0.3 is 5.43 Å². The maximum absolute atomic E-state index is 13.3. The molecule has 2 aromatic rings. The Labute approximate surface area is 133 Å². The van der Waals surface area contributed by atoms with Gasteiger partial charge in [-0.1, -0.05) is 51.9 Å². The Hall–Kier alpha value is -1.51. The van der Waals surface area contributed by atoms with Crippen LogP contribution >= 0.6 is 0 Å². The maximum atomic E-state index is 13.3. The van der Waals surface area contributed by atoms with Gasteiger partial charge in [0.15, 0.2) is 0 Å². The molecule has 0 bridgehead atoms. The number of hydrogen-bond acceptors (Lipinski definition) is 1. The van der Waals surface area contributed by atoms with Gasteiger partial charge in [-0.15, -0.1) is 0 Å². The van der Waals surface area contributed by atoms with Crippen molar-refractivity contribution in [2.75, 3.05) is 12.0 Å². The van der Waals surface area contributed by atoms with Gasteiger partial charge in [0, 0.05) is 18.1 Å². The number of aryl methyl sites for hydroxylation is 1. The molecular weight excluding hydrogens is 275 g/mol. The van der Waals surface area contributed by atoms with Crippen LogP contribution in [0, 0.1) is 12.7 Å². The van der Waals surface area contributed by atoms with Gasteiger partial charge in [0.2, 0.25) is 0 Å². The highest BCUT2D eigenvalue weighted by Gasteiger charge is 2.05. The van der Waals surface area contributed by atoms with E-state index in [0.717, 1.165) is 23.0 Å². The van der Waals surface area contributed by atoms with E-state index < -0.39 is 0 Å². The molecule has 0 spiro atoms. The Morgan fingerprint density at radius 1 is 1.00 bits per heavy atom. The summed E-state index contributed by atoms with van der Waals surface area (Å²) < 4.78 is 15.3. The number of unbranched alkanes of at least 4 members (excludes halogenated alkanes) is 7. The molecule has 0 fully saturated rings. The maximum Gasteiger partial charge on any atom is 0.123 e. The summed E-state index contributed by atoms with van der Waals surface area (Å²) in [5.74, 6) is -0.170. The molecule has 2 nitrogen and oxygen atoms in total. The van der Waals surface area contributed by atoms with Crippen LogP contribution in [0.2, 0.25) is 0 Å². The van der Waals surface area contributed by atoms with Gasteiger partial charge in [0.05, 0.1) is 5.52 Å². The third-order valence-corrected chi connectivity index (χ3v) is 4.28. The zero-order valence-electron chi connectivity index (χ0n) is 14.0. The topological polar surface area (TPSA) is 17.0 Å². The zero-order chi connectivity index (χ0) is 15.8. The summed E-state index contributed by atoms with van der Waals surface area (Å²) in [5.41, 5.74) is 5.60. The van der Waals surface area contributed by atoms with Crippen LogP contribution < -0.4 is 5.43 Å². The number of nitrogens with zero attached hydrogens (tertiary/aromatic N) is 1. The minimum absolute atomic E-state index is 0.170. The summed E-state index contributed by atoms with van der Waals surface area (Å²) >= 11 is 0. The van der Waals surface area contributed by atoms with Crippen LogP contribution in [0.5, 0.6) is 0 Å². The molecule has 0 radical (unpaired) electrons. The quantitative estimate of drug-likeness (QED) is 0.551. The summed E-state index contributed by atoms with van der Waals surface area (Å²) in [6.07, 6.45) is 12.7. The average Bonchev–Trinajstić information content (AvgIpc) is 2.81. The number of halogens is 1. The van der Waals surface area contributed by atoms with Gasteiger partial charge >= 0.3 is 0 Å². The van der Waals surface area contributed by atoms with Crippen molar-refractivity contribution >= 4 is 10.9 Å². The number of rotatable bonds is 10. The Morgan fingerprint density at radius 3 is 2.41 bits per heavy atom. The Bertz CT molecular complexity index is 574. The summed E-state index contributed by atoms with van der Waals surface area (Å²) in [5, 5.41) is 0.989. The molecule has 0 aliphatic carbocycles. The second kappa shape index (κ2) is 8.82. The lowest BCUT2D eigenvalue weighted by atomic mass is 10.1. The molecule has 1 heterocycles. The van der Waals surface area contributed by atoms with Crippen molar-refractivity contribution in [2.24, 2.45) is 0 Å². The molecule has 0 aliphatic rings. The molecule has 0 unspecified atom stereocenters. The highest BCUT2D eigenvalue weighted by atomic mass is 19.1. The van der Waals surface area contributed by atoms with E-state index >= 15 is 0 Å². The summed E-state index contributed by atoms with van der Waals surface area (Å²) in [7, 11) is 0. The molecule has 3 heteroatoms. The SMILES string of the molecule is CCCCCCCCCCNn1cc(C)c2cc(F)ccc21. The predicted molar refractivity (Wildman–Crippen MR) is 93.5 cm³/mol. The average molecular weight is 304 g/mol. The van der Waals surface area contributed by atoms with Gasteiger partial charge in [-0.3, -0.25) is 4.68 Å². The summed E-state index contributed by atoms with van der Waals surface area (Å²) in [4.78, 5) is 0. The van der Waals surface area contributed by atoms with E-state index in [0.29, 0.717) is 0 Å². The highest BCUT2D eigenvalue weighted by molar-refractivity contribution is 5.84. The summed E-state index contributed by atoms with van der Waals surface area (Å²) in [6.45, 7) is 5.25. The van der Waals surface area contributed by atoms with E-state index in [9.17, 15) is 4.39 Å². The largest absolute Gasteiger partial charge is 0.326 e. The minimum Gasteiger partial charge on any atom is -0.326 e. The van der Waals surface area contributed by atoms with E-state index in [1.54, 1.807) is 6.07 Å². The monoisotopic (exact) mass is 304 g/mol. The number of nitrogens with one attached hydrogen (secondary N) is 1. The van der Waals surface area contributed by atoms with E-state index in [1.807, 2.05) is 17.7 Å². The van der Waals surface area contributed by atoms with Crippen molar-refractivity contribution in [1.82, 2.24) is 4.68 Å². The molecular formula is C19H29FN2. The molecule has 22 heavy (non-hydrogen) atoms. The van der Waals surface area contributed by atoms with Gasteiger partial charge in [-0.2, -0.15) is 0 Å². The zero-order valence-corrected chi connectivity index (χ0v) is 14.0. The first-order valence-electron chi connectivity index (χ1n) is 8.73. The Morgan fingerprint density at radius 2 is 1.68 bits per heavy atom. The van der Waals surface area contributed by atoms with Crippen LogP contribution in [0.4, 0.5) is 4.39 Å². The molecule has 0 saturated heterocycles. The molecule has 1 N–H and O–H groups in total. The molecule has 1 aromatic heterocycles. The third-order valence-electron chi connectivity index (χ3n) is 4.28. The fourth-order valence-corrected chi connectivity index (χ4v) is 2.96. The van der Waals surface area contributed by atoms with Gasteiger partial charge in [0.25, 0.3) is 0 Å². The van der Waals surface area contributed by atoms with Gasteiger partial charge in [-0.25, -0.2) is 4.39 Å². The Balaban J connectivity index is 1.69. The fourth-order valence-electron chi connectivity index (χ4n) is 2.96. The fraction of sp³-hybridized carbons (Fsp3) is 0.579. The number of aromatic nitrogens is 1. The van der Waals surface area contributed by atoms with Crippen LogP contribution in [-0.4, -0.2) is 11.2 Å². The Kier molecular flexibility index (Phi) is 6.75. The second-order valence-electron chi connectivity index (χ2n) is 6.23. The van der Waals surface area contributed by atoms with Gasteiger partial charge in [0.1, 0.15) is 5.82 Å². The highest BCUT2D eigenvalue weighted by Crippen LogP contribution is 2.20. The van der Waals surface area contributed by atoms with Crippen molar-refractivity contribution in [3.05, 3.63) is 35.8 Å². The third kappa shape index (κ3) is 4.75. The van der Waals surface area contributed by atoms with Crippen LogP contribution in [0.1, 0.15) is 63.9 Å². The summed E-state index contributed by atoms with van der Waals surface area (Å²) in [6, 6.07) is 4.98. The smallest absolute Gasteiger partial charge is 0.123 e. The van der Waals surface area contributed by atoms with E-state index in [1.165, 1.54) is 57.4 Å². The predicted octanol–water partition coefficient (Wildman–Crippen LogP) is 5.77. The molecule has 0 aliphatic heterocycles. The standard InChI is InChI=1S/C19H29FN2/c1-3-4-5-6-7-8-9-10-13-21-22-15-16(2)18-14-17(20)11-12-19(18)22/h11-12,14-15,21H,3-10,13H2,1-2H3. The normalized spacial score (nSPS) is 11.2. The van der Waals surface area contributed by atoms with Crippen molar-refractivity contribution in [3.63, 3.8) is 0 Å². The van der Waals surface area contributed by atoms with E-state index in [-0.39, 0.29) is 5.82 Å². The van der Waals surface area contributed by atoms with Crippen LogP contribution in [0.15, 0.2) is 24.4 Å². The van der Waals surface area contributed by atoms with Crippen LogP contribution in [0.25, 0.3) is 10.9 Å². The lowest BCUT2D eigenvalue weighted by molar-refractivity contribution is 0.577. The molecule has 0 amide bonds. The van der Waals surface area contributed by atoms with Crippen LogP contribution in [-0.2, 0) is 0 Å². The lowest BCUT2D eigenvalue weighted by Gasteiger charge is -2.09. The first kappa shape index (κ1) is 16.9. The number of benzene rings is 1. The molecule has 122 valence electrons. The molecule has 2 rings (SSSR count).